The van der Waals surface area contributed by atoms with Gasteiger partial charge in [-0.2, -0.15) is 0 Å². The molecule has 0 bridgehead atoms. The highest BCUT2D eigenvalue weighted by atomic mass is 31.0. The van der Waals surface area contributed by atoms with Crippen LogP contribution in [0.2, 0.25) is 0 Å². The first-order valence-corrected chi connectivity index (χ1v) is 14.3. The Morgan fingerprint density at radius 2 is 1.44 bits per heavy atom. The first kappa shape index (κ1) is 28.1. The molecule has 6 nitrogen and oxygen atoms in total. The normalized spacial score (nSPS) is 12.8. The number of rotatable bonds is 12. The summed E-state index contributed by atoms with van der Waals surface area (Å²) >= 11 is 0. The monoisotopic (exact) mass is 542 g/mol. The van der Waals surface area contributed by atoms with E-state index in [2.05, 4.69) is 28.8 Å². The molecule has 0 fully saturated rings. The van der Waals surface area contributed by atoms with Gasteiger partial charge in [0, 0.05) is 6.42 Å². The average molecular weight is 543 g/mol. The molecule has 0 radical (unpaired) electrons. The predicted octanol–water partition coefficient (Wildman–Crippen LogP) is 6.05. The van der Waals surface area contributed by atoms with Crippen molar-refractivity contribution in [2.45, 2.75) is 51.8 Å². The van der Waals surface area contributed by atoms with Crippen LogP contribution in [0.3, 0.4) is 0 Å². The third-order valence-electron chi connectivity index (χ3n) is 6.47. The van der Waals surface area contributed by atoms with E-state index in [9.17, 15) is 14.4 Å². The first-order chi connectivity index (χ1) is 18.9. The Balaban J connectivity index is 1.46. The van der Waals surface area contributed by atoms with Gasteiger partial charge in [0.15, 0.2) is 5.78 Å². The minimum absolute atomic E-state index is 0.0475. The van der Waals surface area contributed by atoms with E-state index in [1.165, 1.54) is 5.12 Å². The summed E-state index contributed by atoms with van der Waals surface area (Å²) in [5.41, 5.74) is 1.81. The van der Waals surface area contributed by atoms with Gasteiger partial charge in [0.25, 0.3) is 0 Å². The van der Waals surface area contributed by atoms with E-state index in [1.54, 1.807) is 0 Å². The van der Waals surface area contributed by atoms with E-state index in [-0.39, 0.29) is 30.6 Å². The topological polar surface area (TPSA) is 84.5 Å². The van der Waals surface area contributed by atoms with Crippen molar-refractivity contribution >= 4 is 36.5 Å². The van der Waals surface area contributed by atoms with Crippen LogP contribution in [0, 0.1) is 5.92 Å². The summed E-state index contributed by atoms with van der Waals surface area (Å²) in [6.07, 6.45) is 0.398. The molecule has 1 unspecified atom stereocenters. The lowest BCUT2D eigenvalue weighted by Crippen LogP contribution is -2.53. The Bertz CT molecular complexity index is 1350. The molecule has 0 aliphatic rings. The molecule has 7 heteroatoms. The van der Waals surface area contributed by atoms with Crippen LogP contribution in [0.4, 0.5) is 4.79 Å². The number of fused-ring (bicyclic) bond motifs is 1. The molecule has 1 aromatic heterocycles. The quantitative estimate of drug-likeness (QED) is 0.228. The number of benzene rings is 3. The van der Waals surface area contributed by atoms with Crippen LogP contribution in [-0.4, -0.2) is 29.9 Å². The number of amides is 2. The summed E-state index contributed by atoms with van der Waals surface area (Å²) < 4.78 is 5.35. The minimum atomic E-state index is -0.823. The van der Waals surface area contributed by atoms with Crippen LogP contribution < -0.4 is 10.6 Å². The standard InChI is InChI=1S/C32H35N2O4P/c1-22(2)17-28(34-32(37)38-21-24-13-7-4-8-14-24)31(36)33-27(18-23-11-5-3-6-12-23)29(35)20-26-19-25-15-9-10-16-30(25)39-26/h3-16,19,22,27-28,39H,17-18,20-21H2,1-2H3,(H,33,36)(H,34,37)/t27-,28-/m0/s1. The third-order valence-corrected chi connectivity index (χ3v) is 7.83. The Morgan fingerprint density at radius 1 is 0.795 bits per heavy atom. The highest BCUT2D eigenvalue weighted by Crippen LogP contribution is 2.30. The zero-order chi connectivity index (χ0) is 27.6. The van der Waals surface area contributed by atoms with Gasteiger partial charge in [0.05, 0.1) is 6.04 Å². The smallest absolute Gasteiger partial charge is 0.408 e. The molecule has 0 aliphatic carbocycles. The van der Waals surface area contributed by atoms with E-state index in [4.69, 9.17) is 4.74 Å². The van der Waals surface area contributed by atoms with Crippen LogP contribution in [0.15, 0.2) is 91.0 Å². The summed E-state index contributed by atoms with van der Waals surface area (Å²) in [5, 5.41) is 9.13. The van der Waals surface area contributed by atoms with Gasteiger partial charge >= 0.3 is 6.09 Å². The molecular weight excluding hydrogens is 507 g/mol. The fourth-order valence-corrected chi connectivity index (χ4v) is 5.83. The fraction of sp³-hybridized carbons (Fsp3) is 0.281. The second-order valence-electron chi connectivity index (χ2n) is 10.2. The first-order valence-electron chi connectivity index (χ1n) is 13.3. The van der Waals surface area contributed by atoms with Crippen molar-refractivity contribution in [2.75, 3.05) is 0 Å². The molecular formula is C32H35N2O4P. The van der Waals surface area contributed by atoms with E-state index in [0.29, 0.717) is 21.0 Å². The molecule has 3 atom stereocenters. The number of carbonyl (C=O) groups excluding carboxylic acids is 3. The lowest BCUT2D eigenvalue weighted by atomic mass is 9.98. The molecule has 39 heavy (non-hydrogen) atoms. The highest BCUT2D eigenvalue weighted by Gasteiger charge is 2.28. The summed E-state index contributed by atoms with van der Waals surface area (Å²) in [4.78, 5) is 39.6. The Kier molecular flexibility index (Phi) is 9.93. The largest absolute Gasteiger partial charge is 0.445 e. The Morgan fingerprint density at radius 3 is 2.10 bits per heavy atom. The molecule has 4 rings (SSSR count). The number of hydrogen-bond donors (Lipinski definition) is 2. The van der Waals surface area contributed by atoms with Crippen molar-refractivity contribution in [3.8, 4) is 0 Å². The van der Waals surface area contributed by atoms with Crippen molar-refractivity contribution in [3.05, 3.63) is 107 Å². The van der Waals surface area contributed by atoms with Crippen molar-refractivity contribution in [2.24, 2.45) is 5.92 Å². The van der Waals surface area contributed by atoms with Gasteiger partial charge in [0.2, 0.25) is 5.91 Å². The van der Waals surface area contributed by atoms with Crippen LogP contribution in [0.1, 0.15) is 36.7 Å². The molecule has 0 saturated carbocycles. The van der Waals surface area contributed by atoms with Gasteiger partial charge in [0.1, 0.15) is 12.6 Å². The van der Waals surface area contributed by atoms with Gasteiger partial charge in [-0.05, 0) is 51.8 Å². The molecule has 0 spiro atoms. The SMILES string of the molecule is CC(C)C[C@H](NC(=O)OCc1ccccc1)C(=O)N[C@@H](Cc1ccccc1)C(=O)Cc1cc2ccccc2[pH]1. The van der Waals surface area contributed by atoms with E-state index in [1.807, 2.05) is 86.6 Å². The average Bonchev–Trinajstić information content (AvgIpc) is 3.34. The van der Waals surface area contributed by atoms with E-state index >= 15 is 0 Å². The second-order valence-corrected chi connectivity index (χ2v) is 11.6. The second kappa shape index (κ2) is 13.8. The summed E-state index contributed by atoms with van der Waals surface area (Å²) in [6.45, 7) is 4.07. The molecule has 1 heterocycles. The van der Waals surface area contributed by atoms with Gasteiger partial charge in [-0.1, -0.05) is 98.8 Å². The van der Waals surface area contributed by atoms with Crippen LogP contribution in [0.25, 0.3) is 10.5 Å². The van der Waals surface area contributed by atoms with E-state index in [0.717, 1.165) is 21.8 Å². The zero-order valence-electron chi connectivity index (χ0n) is 22.4. The van der Waals surface area contributed by atoms with Crippen molar-refractivity contribution < 1.29 is 19.1 Å². The highest BCUT2D eigenvalue weighted by molar-refractivity contribution is 7.38. The number of carbonyl (C=O) groups is 3. The molecule has 0 saturated heterocycles. The third kappa shape index (κ3) is 8.56. The summed E-state index contributed by atoms with van der Waals surface area (Å²) in [7, 11) is 0.450. The molecule has 4 aromatic rings. The van der Waals surface area contributed by atoms with Crippen molar-refractivity contribution in [1.29, 1.82) is 0 Å². The Hall–Kier alpha value is -3.89. The van der Waals surface area contributed by atoms with Crippen LogP contribution in [0.5, 0.6) is 0 Å². The summed E-state index contributed by atoms with van der Waals surface area (Å²) in [5.74, 6) is -0.295. The zero-order valence-corrected chi connectivity index (χ0v) is 23.4. The molecule has 0 aliphatic heterocycles. The lowest BCUT2D eigenvalue weighted by molar-refractivity contribution is -0.128. The van der Waals surface area contributed by atoms with Gasteiger partial charge in [-0.25, -0.2) is 4.79 Å². The number of nitrogens with one attached hydrogen (secondary N) is 2. The number of ketones is 1. The maximum Gasteiger partial charge on any atom is 0.408 e. The van der Waals surface area contributed by atoms with Crippen molar-refractivity contribution in [1.82, 2.24) is 10.6 Å². The lowest BCUT2D eigenvalue weighted by Gasteiger charge is -2.24. The molecule has 202 valence electrons. The number of Topliss-reactive ketones (excluding diaryl/α,β-unsaturated/α-hetero) is 1. The fourth-order valence-electron chi connectivity index (χ4n) is 4.52. The summed E-state index contributed by atoms with van der Waals surface area (Å²) in [6, 6.07) is 27.7. The van der Waals surface area contributed by atoms with Crippen LogP contribution in [-0.2, 0) is 33.8 Å². The number of alkyl carbamates (subject to hydrolysis) is 1. The number of hydrogen-bond acceptors (Lipinski definition) is 4. The molecule has 3 aromatic carbocycles. The maximum atomic E-state index is 13.6. The minimum Gasteiger partial charge on any atom is -0.445 e. The molecule has 2 amide bonds. The van der Waals surface area contributed by atoms with Gasteiger partial charge in [-0.3, -0.25) is 9.59 Å². The number of ether oxygens (including phenoxy) is 1. The van der Waals surface area contributed by atoms with E-state index < -0.39 is 18.2 Å². The predicted molar refractivity (Wildman–Crippen MR) is 157 cm³/mol. The maximum absolute atomic E-state index is 13.6. The van der Waals surface area contributed by atoms with Crippen molar-refractivity contribution in [3.63, 3.8) is 0 Å². The Labute approximate surface area is 231 Å². The van der Waals surface area contributed by atoms with Gasteiger partial charge in [-0.15, -0.1) is 8.19 Å². The van der Waals surface area contributed by atoms with Gasteiger partial charge < -0.3 is 15.4 Å². The van der Waals surface area contributed by atoms with Crippen LogP contribution >= 0.6 is 8.19 Å². The molecule has 2 N–H and O–H groups in total.